The van der Waals surface area contributed by atoms with E-state index in [0.29, 0.717) is 12.5 Å². The van der Waals surface area contributed by atoms with Crippen LogP contribution in [0.1, 0.15) is 19.8 Å². The Morgan fingerprint density at radius 2 is 2.27 bits per heavy atom. The van der Waals surface area contributed by atoms with E-state index in [0.717, 1.165) is 19.4 Å². The molecule has 2 fully saturated rings. The van der Waals surface area contributed by atoms with Gasteiger partial charge in [0.05, 0.1) is 12.2 Å². The highest BCUT2D eigenvalue weighted by Gasteiger charge is 2.43. The summed E-state index contributed by atoms with van der Waals surface area (Å²) < 4.78 is 0. The van der Waals surface area contributed by atoms with Gasteiger partial charge >= 0.3 is 0 Å². The number of amides is 1. The second-order valence-corrected chi connectivity index (χ2v) is 4.66. The number of nitrogens with zero attached hydrogens (tertiary/aromatic N) is 2. The molecule has 82 valence electrons. The highest BCUT2D eigenvalue weighted by molar-refractivity contribution is 5.81. The Labute approximate surface area is 89.5 Å². The Hall–Kier alpha value is -1.08. The molecule has 4 nitrogen and oxygen atoms in total. The lowest BCUT2D eigenvalue weighted by molar-refractivity contribution is -0.132. The van der Waals surface area contributed by atoms with Gasteiger partial charge in [0.1, 0.15) is 5.92 Å². The fraction of sp³-hybridized carbons (Fsp3) is 0.818. The molecule has 0 aromatic rings. The molecule has 0 radical (unpaired) electrons. The van der Waals surface area contributed by atoms with Gasteiger partial charge in [-0.1, -0.05) is 0 Å². The van der Waals surface area contributed by atoms with E-state index in [1.165, 1.54) is 0 Å². The summed E-state index contributed by atoms with van der Waals surface area (Å²) in [6, 6.07) is 1.96. The Morgan fingerprint density at radius 1 is 1.53 bits per heavy atom. The zero-order chi connectivity index (χ0) is 11.0. The predicted octanol–water partition coefficient (Wildman–Crippen LogP) is 0.375. The second kappa shape index (κ2) is 3.82. The predicted molar refractivity (Wildman–Crippen MR) is 53.6 cm³/mol. The van der Waals surface area contributed by atoms with E-state index in [1.807, 2.05) is 6.07 Å². The molecule has 2 rings (SSSR count). The van der Waals surface area contributed by atoms with E-state index in [1.54, 1.807) is 11.8 Å². The molecule has 4 heteroatoms. The number of aliphatic hydroxyl groups excluding tert-OH is 1. The van der Waals surface area contributed by atoms with Crippen molar-refractivity contribution in [1.82, 2.24) is 4.90 Å². The van der Waals surface area contributed by atoms with Crippen molar-refractivity contribution in [3.63, 3.8) is 0 Å². The van der Waals surface area contributed by atoms with Crippen LogP contribution in [-0.4, -0.2) is 35.1 Å². The molecular formula is C11H16N2O2. The summed E-state index contributed by atoms with van der Waals surface area (Å²) in [6.45, 7) is 3.00. The van der Waals surface area contributed by atoms with Gasteiger partial charge in [0, 0.05) is 19.0 Å². The van der Waals surface area contributed by atoms with Crippen LogP contribution in [0.5, 0.6) is 0 Å². The third-order valence-corrected chi connectivity index (χ3v) is 3.69. The SMILES string of the molecule is CC(C#N)C(=O)N1CC2CCC(O)C2C1. The van der Waals surface area contributed by atoms with Crippen LogP contribution in [0, 0.1) is 29.1 Å². The normalized spacial score (nSPS) is 36.1. The third-order valence-electron chi connectivity index (χ3n) is 3.69. The van der Waals surface area contributed by atoms with E-state index >= 15 is 0 Å². The number of likely N-dealkylation sites (tertiary alicyclic amines) is 1. The van der Waals surface area contributed by atoms with Crippen LogP contribution < -0.4 is 0 Å². The average Bonchev–Trinajstić information content (AvgIpc) is 2.79. The summed E-state index contributed by atoms with van der Waals surface area (Å²) in [5, 5.41) is 18.4. The molecule has 1 aliphatic carbocycles. The fourth-order valence-electron chi connectivity index (χ4n) is 2.75. The molecule has 1 saturated heterocycles. The van der Waals surface area contributed by atoms with Crippen LogP contribution in [-0.2, 0) is 4.79 Å². The number of hydrogen-bond acceptors (Lipinski definition) is 3. The van der Waals surface area contributed by atoms with Crippen LogP contribution >= 0.6 is 0 Å². The average molecular weight is 208 g/mol. The number of hydrogen-bond donors (Lipinski definition) is 1. The summed E-state index contributed by atoms with van der Waals surface area (Å²) in [6.07, 6.45) is 1.63. The van der Waals surface area contributed by atoms with E-state index in [2.05, 4.69) is 0 Å². The van der Waals surface area contributed by atoms with Crippen LogP contribution in [0.2, 0.25) is 0 Å². The van der Waals surface area contributed by atoms with Crippen LogP contribution in [0.25, 0.3) is 0 Å². The maximum absolute atomic E-state index is 11.7. The van der Waals surface area contributed by atoms with Gasteiger partial charge in [-0.3, -0.25) is 4.79 Å². The zero-order valence-electron chi connectivity index (χ0n) is 8.89. The molecule has 2 aliphatic rings. The van der Waals surface area contributed by atoms with E-state index < -0.39 is 5.92 Å². The zero-order valence-corrected chi connectivity index (χ0v) is 8.89. The summed E-state index contributed by atoms with van der Waals surface area (Å²) in [5.41, 5.74) is 0. The first-order valence-corrected chi connectivity index (χ1v) is 5.50. The number of carbonyl (C=O) groups excluding carboxylic acids is 1. The largest absolute Gasteiger partial charge is 0.393 e. The van der Waals surface area contributed by atoms with Gasteiger partial charge in [0.2, 0.25) is 5.91 Å². The Morgan fingerprint density at radius 3 is 2.87 bits per heavy atom. The van der Waals surface area contributed by atoms with Gasteiger partial charge in [-0.15, -0.1) is 0 Å². The van der Waals surface area contributed by atoms with Crippen molar-refractivity contribution in [2.24, 2.45) is 17.8 Å². The monoisotopic (exact) mass is 208 g/mol. The topological polar surface area (TPSA) is 64.3 Å². The number of carbonyl (C=O) groups is 1. The lowest BCUT2D eigenvalue weighted by atomic mass is 10.00. The van der Waals surface area contributed by atoms with Gasteiger partial charge in [-0.25, -0.2) is 0 Å². The van der Waals surface area contributed by atoms with Gasteiger partial charge in [-0.2, -0.15) is 5.26 Å². The summed E-state index contributed by atoms with van der Waals surface area (Å²) in [4.78, 5) is 13.5. The first kappa shape index (κ1) is 10.4. The first-order valence-electron chi connectivity index (χ1n) is 5.50. The minimum absolute atomic E-state index is 0.0842. The molecule has 4 unspecified atom stereocenters. The van der Waals surface area contributed by atoms with Crippen molar-refractivity contribution in [3.05, 3.63) is 0 Å². The van der Waals surface area contributed by atoms with Crippen LogP contribution in [0.4, 0.5) is 0 Å². The molecule has 0 bridgehead atoms. The molecule has 4 atom stereocenters. The molecule has 1 saturated carbocycles. The highest BCUT2D eigenvalue weighted by Crippen LogP contribution is 2.38. The number of fused-ring (bicyclic) bond motifs is 1. The Balaban J connectivity index is 1.99. The van der Waals surface area contributed by atoms with E-state index in [9.17, 15) is 9.90 Å². The Kier molecular flexibility index (Phi) is 2.66. The molecule has 0 spiro atoms. The highest BCUT2D eigenvalue weighted by atomic mass is 16.3. The van der Waals surface area contributed by atoms with Crippen molar-refractivity contribution in [2.45, 2.75) is 25.9 Å². The van der Waals surface area contributed by atoms with E-state index in [4.69, 9.17) is 5.26 Å². The summed E-state index contributed by atoms with van der Waals surface area (Å²) in [7, 11) is 0. The van der Waals surface area contributed by atoms with Gasteiger partial charge in [0.15, 0.2) is 0 Å². The first-order chi connectivity index (χ1) is 7.13. The van der Waals surface area contributed by atoms with Crippen molar-refractivity contribution in [3.8, 4) is 6.07 Å². The smallest absolute Gasteiger partial charge is 0.239 e. The molecule has 0 aromatic carbocycles. The quantitative estimate of drug-likeness (QED) is 0.677. The van der Waals surface area contributed by atoms with Gasteiger partial charge < -0.3 is 10.0 Å². The maximum Gasteiger partial charge on any atom is 0.239 e. The van der Waals surface area contributed by atoms with E-state index in [-0.39, 0.29) is 17.9 Å². The molecule has 1 heterocycles. The minimum atomic E-state index is -0.555. The Bertz CT molecular complexity index is 310. The van der Waals surface area contributed by atoms with Crippen molar-refractivity contribution >= 4 is 5.91 Å². The molecule has 1 aliphatic heterocycles. The van der Waals surface area contributed by atoms with Crippen molar-refractivity contribution in [2.75, 3.05) is 13.1 Å². The molecule has 15 heavy (non-hydrogen) atoms. The third kappa shape index (κ3) is 1.72. The standard InChI is InChI=1S/C11H16N2O2/c1-7(4-12)11(15)13-5-8-2-3-10(14)9(8)6-13/h7-10,14H,2-3,5-6H2,1H3. The summed E-state index contributed by atoms with van der Waals surface area (Å²) >= 11 is 0. The van der Waals surface area contributed by atoms with Crippen LogP contribution in [0.3, 0.4) is 0 Å². The number of aliphatic hydroxyl groups is 1. The second-order valence-electron chi connectivity index (χ2n) is 4.66. The molecule has 0 aromatic heterocycles. The lowest BCUT2D eigenvalue weighted by Crippen LogP contribution is -2.34. The lowest BCUT2D eigenvalue weighted by Gasteiger charge is -2.19. The summed E-state index contributed by atoms with van der Waals surface area (Å²) in [5.74, 6) is 0.0646. The van der Waals surface area contributed by atoms with Gasteiger partial charge in [-0.05, 0) is 25.7 Å². The number of rotatable bonds is 1. The minimum Gasteiger partial charge on any atom is -0.393 e. The van der Waals surface area contributed by atoms with Gasteiger partial charge in [0.25, 0.3) is 0 Å². The molecule has 1 N–H and O–H groups in total. The maximum atomic E-state index is 11.7. The van der Waals surface area contributed by atoms with Crippen molar-refractivity contribution < 1.29 is 9.90 Å². The number of nitriles is 1. The fourth-order valence-corrected chi connectivity index (χ4v) is 2.75. The molecular weight excluding hydrogens is 192 g/mol. The van der Waals surface area contributed by atoms with Crippen molar-refractivity contribution in [1.29, 1.82) is 5.26 Å². The molecule has 1 amide bonds. The van der Waals surface area contributed by atoms with Crippen LogP contribution in [0.15, 0.2) is 0 Å².